The summed E-state index contributed by atoms with van der Waals surface area (Å²) in [6.45, 7) is 0. The highest BCUT2D eigenvalue weighted by atomic mass is 79.9. The van der Waals surface area contributed by atoms with Gasteiger partial charge < -0.3 is 9.52 Å². The lowest BCUT2D eigenvalue weighted by Crippen LogP contribution is -2.03. The van der Waals surface area contributed by atoms with E-state index in [0.29, 0.717) is 10.4 Å². The van der Waals surface area contributed by atoms with Crippen LogP contribution in [-0.2, 0) is 6.42 Å². The topological polar surface area (TPSA) is 33.4 Å². The molecule has 0 radical (unpaired) electrons. The van der Waals surface area contributed by atoms with Crippen LogP contribution in [-0.4, -0.2) is 5.11 Å². The van der Waals surface area contributed by atoms with E-state index in [1.807, 2.05) is 0 Å². The monoisotopic (exact) mass is 302 g/mol. The van der Waals surface area contributed by atoms with Crippen LogP contribution in [0, 0.1) is 11.6 Å². The Morgan fingerprint density at radius 2 is 2.00 bits per heavy atom. The first-order chi connectivity index (χ1) is 8.08. The van der Waals surface area contributed by atoms with Crippen molar-refractivity contribution in [1.82, 2.24) is 0 Å². The zero-order valence-corrected chi connectivity index (χ0v) is 10.2. The van der Waals surface area contributed by atoms with Gasteiger partial charge in [-0.3, -0.25) is 0 Å². The third-order valence-electron chi connectivity index (χ3n) is 2.37. The van der Waals surface area contributed by atoms with E-state index in [0.717, 1.165) is 6.07 Å². The van der Waals surface area contributed by atoms with Crippen LogP contribution in [0.5, 0.6) is 0 Å². The van der Waals surface area contributed by atoms with Gasteiger partial charge in [0.2, 0.25) is 0 Å². The highest BCUT2D eigenvalue weighted by Crippen LogP contribution is 2.24. The quantitative estimate of drug-likeness (QED) is 0.940. The largest absolute Gasteiger partial charge is 0.452 e. The molecule has 2 aromatic rings. The van der Waals surface area contributed by atoms with Crippen LogP contribution in [0.1, 0.15) is 17.4 Å². The maximum absolute atomic E-state index is 13.4. The van der Waals surface area contributed by atoms with Crippen LogP contribution in [0.15, 0.2) is 39.4 Å². The third-order valence-corrected chi connectivity index (χ3v) is 2.79. The lowest BCUT2D eigenvalue weighted by Gasteiger charge is -2.08. The molecule has 1 aromatic carbocycles. The molecule has 0 saturated heterocycles. The number of aliphatic hydroxyl groups excluding tert-OH is 1. The van der Waals surface area contributed by atoms with Crippen molar-refractivity contribution >= 4 is 15.9 Å². The van der Waals surface area contributed by atoms with Crippen molar-refractivity contribution in [2.24, 2.45) is 0 Å². The smallest absolute Gasteiger partial charge is 0.169 e. The van der Waals surface area contributed by atoms with Gasteiger partial charge in [0.05, 0.1) is 0 Å². The molecular formula is C12H9BrF2O2. The Labute approximate surface area is 105 Å². The van der Waals surface area contributed by atoms with E-state index in [4.69, 9.17) is 4.42 Å². The molecule has 0 fully saturated rings. The van der Waals surface area contributed by atoms with Gasteiger partial charge in [-0.1, -0.05) is 12.1 Å². The summed E-state index contributed by atoms with van der Waals surface area (Å²) in [4.78, 5) is 0. The molecular weight excluding hydrogens is 294 g/mol. The Bertz CT molecular complexity index is 525. The first-order valence-electron chi connectivity index (χ1n) is 4.94. The van der Waals surface area contributed by atoms with Gasteiger partial charge in [-0.05, 0) is 39.7 Å². The molecule has 1 N–H and O–H groups in total. The number of halogens is 3. The van der Waals surface area contributed by atoms with Gasteiger partial charge in [0.25, 0.3) is 0 Å². The molecule has 0 aliphatic rings. The molecule has 0 aliphatic heterocycles. The van der Waals surface area contributed by atoms with Crippen molar-refractivity contribution in [3.63, 3.8) is 0 Å². The molecule has 1 unspecified atom stereocenters. The first-order valence-corrected chi connectivity index (χ1v) is 5.73. The molecule has 1 aromatic heterocycles. The Kier molecular flexibility index (Phi) is 3.59. The fourth-order valence-corrected chi connectivity index (χ4v) is 1.84. The predicted octanol–water partition coefficient (Wildman–Crippen LogP) is 3.60. The molecule has 1 atom stereocenters. The molecule has 2 nitrogen and oxygen atoms in total. The minimum absolute atomic E-state index is 0.0381. The van der Waals surface area contributed by atoms with E-state index < -0.39 is 17.7 Å². The van der Waals surface area contributed by atoms with Gasteiger partial charge in [-0.25, -0.2) is 8.78 Å². The average Bonchev–Trinajstić information content (AvgIpc) is 2.72. The second-order valence-corrected chi connectivity index (χ2v) is 4.36. The summed E-state index contributed by atoms with van der Waals surface area (Å²) in [5.41, 5.74) is 0.116. The molecule has 17 heavy (non-hydrogen) atoms. The molecule has 0 bridgehead atoms. The van der Waals surface area contributed by atoms with Gasteiger partial charge in [0.15, 0.2) is 16.3 Å². The summed E-state index contributed by atoms with van der Waals surface area (Å²) in [5, 5.41) is 9.80. The van der Waals surface area contributed by atoms with E-state index in [9.17, 15) is 13.9 Å². The van der Waals surface area contributed by atoms with Crippen molar-refractivity contribution in [1.29, 1.82) is 0 Å². The van der Waals surface area contributed by atoms with E-state index in [2.05, 4.69) is 15.9 Å². The van der Waals surface area contributed by atoms with Gasteiger partial charge in [-0.15, -0.1) is 0 Å². The van der Waals surface area contributed by atoms with Crippen LogP contribution >= 0.6 is 15.9 Å². The lowest BCUT2D eigenvalue weighted by atomic mass is 10.1. The molecule has 0 aliphatic carbocycles. The second-order valence-electron chi connectivity index (χ2n) is 3.57. The molecule has 90 valence electrons. The number of hydrogen-bond donors (Lipinski definition) is 1. The first kappa shape index (κ1) is 12.3. The van der Waals surface area contributed by atoms with E-state index in [-0.39, 0.29) is 12.0 Å². The number of benzene rings is 1. The van der Waals surface area contributed by atoms with Crippen molar-refractivity contribution in [3.05, 3.63) is 58.0 Å². The molecule has 0 spiro atoms. The van der Waals surface area contributed by atoms with Crippen LogP contribution in [0.2, 0.25) is 0 Å². The number of rotatable bonds is 3. The van der Waals surface area contributed by atoms with E-state index in [1.165, 1.54) is 12.1 Å². The van der Waals surface area contributed by atoms with Gasteiger partial charge in [-0.2, -0.15) is 0 Å². The highest BCUT2D eigenvalue weighted by molar-refractivity contribution is 9.10. The molecule has 0 amide bonds. The van der Waals surface area contributed by atoms with Crippen LogP contribution in [0.25, 0.3) is 0 Å². The summed E-state index contributed by atoms with van der Waals surface area (Å²) in [6, 6.07) is 7.07. The molecule has 0 saturated carbocycles. The Morgan fingerprint density at radius 3 is 2.65 bits per heavy atom. The maximum Gasteiger partial charge on any atom is 0.169 e. The maximum atomic E-state index is 13.4. The van der Waals surface area contributed by atoms with Crippen molar-refractivity contribution < 1.29 is 18.3 Å². The SMILES string of the molecule is OC(Cc1cccc(F)c1F)c1ccc(Br)o1. The Morgan fingerprint density at radius 1 is 1.24 bits per heavy atom. The van der Waals surface area contributed by atoms with Gasteiger partial charge in [0.1, 0.15) is 11.9 Å². The van der Waals surface area contributed by atoms with Crippen LogP contribution in [0.3, 0.4) is 0 Å². The minimum atomic E-state index is -1.00. The summed E-state index contributed by atoms with van der Waals surface area (Å²) in [6.07, 6.45) is -1.04. The number of hydrogen-bond acceptors (Lipinski definition) is 2. The van der Waals surface area contributed by atoms with Crippen molar-refractivity contribution in [3.8, 4) is 0 Å². The van der Waals surface area contributed by atoms with Gasteiger partial charge >= 0.3 is 0 Å². The van der Waals surface area contributed by atoms with Gasteiger partial charge in [0, 0.05) is 6.42 Å². The van der Waals surface area contributed by atoms with Crippen LogP contribution in [0.4, 0.5) is 8.78 Å². The Balaban J connectivity index is 2.18. The fourth-order valence-electron chi connectivity index (χ4n) is 1.52. The van der Waals surface area contributed by atoms with E-state index in [1.54, 1.807) is 12.1 Å². The molecule has 1 heterocycles. The zero-order chi connectivity index (χ0) is 12.4. The number of aliphatic hydroxyl groups is 1. The average molecular weight is 303 g/mol. The third kappa shape index (κ3) is 2.73. The summed E-state index contributed by atoms with van der Waals surface area (Å²) >= 11 is 3.10. The fraction of sp³-hybridized carbons (Fsp3) is 0.167. The normalized spacial score (nSPS) is 12.7. The minimum Gasteiger partial charge on any atom is -0.452 e. The molecule has 2 rings (SSSR count). The van der Waals surface area contributed by atoms with Crippen LogP contribution < -0.4 is 0 Å². The standard InChI is InChI=1S/C12H9BrF2O2/c13-11-5-4-10(17-11)9(16)6-7-2-1-3-8(14)12(7)15/h1-5,9,16H,6H2. The highest BCUT2D eigenvalue weighted by Gasteiger charge is 2.16. The Hall–Kier alpha value is -1.20. The summed E-state index contributed by atoms with van der Waals surface area (Å²) in [5.74, 6) is -1.55. The van der Waals surface area contributed by atoms with Crippen molar-refractivity contribution in [2.75, 3.05) is 0 Å². The molecule has 5 heteroatoms. The van der Waals surface area contributed by atoms with E-state index >= 15 is 0 Å². The summed E-state index contributed by atoms with van der Waals surface area (Å²) < 4.78 is 31.9. The summed E-state index contributed by atoms with van der Waals surface area (Å²) in [7, 11) is 0. The zero-order valence-electron chi connectivity index (χ0n) is 8.66. The number of furan rings is 1. The van der Waals surface area contributed by atoms with Crippen molar-refractivity contribution in [2.45, 2.75) is 12.5 Å². The lowest BCUT2D eigenvalue weighted by molar-refractivity contribution is 0.147. The second kappa shape index (κ2) is 4.98. The predicted molar refractivity (Wildman–Crippen MR) is 61.4 cm³/mol.